The normalized spacial score (nSPS) is 9.40. The summed E-state index contributed by atoms with van der Waals surface area (Å²) in [4.78, 5) is 10.9. The number of nitrogens with zero attached hydrogens (tertiary/aromatic N) is 1. The largest absolute Gasteiger partial charge is 0.469 e. The fourth-order valence-electron chi connectivity index (χ4n) is 1.25. The van der Waals surface area contributed by atoms with Crippen molar-refractivity contribution >= 4 is 5.97 Å². The van der Waals surface area contributed by atoms with Gasteiger partial charge < -0.3 is 4.74 Å². The topological polar surface area (TPSA) is 50.1 Å². The van der Waals surface area contributed by atoms with E-state index in [9.17, 15) is 9.18 Å². The number of benzene rings is 1. The molecule has 0 amide bonds. The zero-order chi connectivity index (χ0) is 11.3. The van der Waals surface area contributed by atoms with Gasteiger partial charge in [-0.1, -0.05) is 6.07 Å². The second-order valence-electron chi connectivity index (χ2n) is 2.95. The molecule has 1 rings (SSSR count). The average Bonchev–Trinajstić information content (AvgIpc) is 2.26. The van der Waals surface area contributed by atoms with E-state index in [4.69, 9.17) is 5.26 Å². The molecular formula is C11H10FNO2. The molecule has 1 aromatic rings. The second-order valence-corrected chi connectivity index (χ2v) is 2.95. The van der Waals surface area contributed by atoms with Crippen LogP contribution in [0, 0.1) is 17.1 Å². The van der Waals surface area contributed by atoms with Crippen molar-refractivity contribution in [2.45, 2.75) is 12.8 Å². The van der Waals surface area contributed by atoms with Crippen LogP contribution in [0.3, 0.4) is 0 Å². The smallest absolute Gasteiger partial charge is 0.305 e. The van der Waals surface area contributed by atoms with Gasteiger partial charge in [0.25, 0.3) is 0 Å². The molecule has 1 aromatic carbocycles. The maximum absolute atomic E-state index is 13.3. The second kappa shape index (κ2) is 5.11. The van der Waals surface area contributed by atoms with E-state index in [1.807, 2.05) is 6.07 Å². The third-order valence-corrected chi connectivity index (χ3v) is 2.05. The Balaban J connectivity index is 2.84. The van der Waals surface area contributed by atoms with E-state index in [0.29, 0.717) is 0 Å². The molecule has 78 valence electrons. The van der Waals surface area contributed by atoms with Gasteiger partial charge in [-0.05, 0) is 18.6 Å². The highest BCUT2D eigenvalue weighted by Crippen LogP contribution is 2.14. The summed E-state index contributed by atoms with van der Waals surface area (Å²) in [5, 5.41) is 8.73. The van der Waals surface area contributed by atoms with E-state index in [-0.39, 0.29) is 24.0 Å². The van der Waals surface area contributed by atoms with Crippen molar-refractivity contribution in [1.29, 1.82) is 5.26 Å². The fourth-order valence-corrected chi connectivity index (χ4v) is 1.25. The highest BCUT2D eigenvalue weighted by molar-refractivity contribution is 5.69. The molecule has 0 heterocycles. The number of carbonyl (C=O) groups is 1. The Hall–Kier alpha value is -1.89. The van der Waals surface area contributed by atoms with Gasteiger partial charge in [0.15, 0.2) is 0 Å². The van der Waals surface area contributed by atoms with Crippen LogP contribution in [0.1, 0.15) is 17.5 Å². The Morgan fingerprint density at radius 3 is 2.93 bits per heavy atom. The standard InChI is InChI=1S/C11H10FNO2/c1-15-11(14)6-5-9-8(7-13)3-2-4-10(9)12/h2-4H,5-6H2,1H3. The summed E-state index contributed by atoms with van der Waals surface area (Å²) in [6, 6.07) is 6.15. The molecule has 0 spiro atoms. The lowest BCUT2D eigenvalue weighted by atomic mass is 10.0. The van der Waals surface area contributed by atoms with Crippen molar-refractivity contribution < 1.29 is 13.9 Å². The molecule has 0 bridgehead atoms. The number of hydrogen-bond acceptors (Lipinski definition) is 3. The maximum atomic E-state index is 13.3. The number of hydrogen-bond donors (Lipinski definition) is 0. The minimum atomic E-state index is -0.460. The summed E-state index contributed by atoms with van der Waals surface area (Å²) in [5.41, 5.74) is 0.532. The van der Waals surface area contributed by atoms with Gasteiger partial charge in [-0.25, -0.2) is 4.39 Å². The Labute approximate surface area is 87.1 Å². The molecule has 4 heteroatoms. The van der Waals surface area contributed by atoms with Gasteiger partial charge in [0.2, 0.25) is 0 Å². The van der Waals surface area contributed by atoms with Crippen LogP contribution in [0.2, 0.25) is 0 Å². The first-order valence-electron chi connectivity index (χ1n) is 4.43. The lowest BCUT2D eigenvalue weighted by Gasteiger charge is -2.04. The van der Waals surface area contributed by atoms with Crippen molar-refractivity contribution in [1.82, 2.24) is 0 Å². The number of carbonyl (C=O) groups excluding carboxylic acids is 1. The van der Waals surface area contributed by atoms with Crippen LogP contribution in [-0.4, -0.2) is 13.1 Å². The summed E-state index contributed by atoms with van der Waals surface area (Å²) in [6.45, 7) is 0. The van der Waals surface area contributed by atoms with Crippen LogP contribution in [0.4, 0.5) is 4.39 Å². The lowest BCUT2D eigenvalue weighted by Crippen LogP contribution is -2.04. The van der Waals surface area contributed by atoms with E-state index in [1.165, 1.54) is 25.3 Å². The van der Waals surface area contributed by atoms with E-state index in [1.54, 1.807) is 0 Å². The molecule has 0 fully saturated rings. The van der Waals surface area contributed by atoms with Crippen LogP contribution in [0.5, 0.6) is 0 Å². The molecule has 15 heavy (non-hydrogen) atoms. The van der Waals surface area contributed by atoms with Gasteiger partial charge in [-0.3, -0.25) is 4.79 Å². The first-order valence-corrected chi connectivity index (χ1v) is 4.43. The highest BCUT2D eigenvalue weighted by Gasteiger charge is 2.10. The number of methoxy groups -OCH3 is 1. The summed E-state index contributed by atoms with van der Waals surface area (Å²) < 4.78 is 17.7. The monoisotopic (exact) mass is 207 g/mol. The number of nitriles is 1. The van der Waals surface area contributed by atoms with E-state index in [0.717, 1.165) is 0 Å². The lowest BCUT2D eigenvalue weighted by molar-refractivity contribution is -0.140. The summed E-state index contributed by atoms with van der Waals surface area (Å²) in [7, 11) is 1.27. The molecule has 0 radical (unpaired) electrons. The molecule has 0 aromatic heterocycles. The van der Waals surface area contributed by atoms with Gasteiger partial charge in [-0.15, -0.1) is 0 Å². The van der Waals surface area contributed by atoms with E-state index in [2.05, 4.69) is 4.74 Å². The molecule has 0 saturated heterocycles. The fraction of sp³-hybridized carbons (Fsp3) is 0.273. The molecule has 0 atom stereocenters. The van der Waals surface area contributed by atoms with Crippen LogP contribution in [-0.2, 0) is 16.0 Å². The van der Waals surface area contributed by atoms with E-state index >= 15 is 0 Å². The molecule has 0 N–H and O–H groups in total. The first-order chi connectivity index (χ1) is 7.19. The van der Waals surface area contributed by atoms with Crippen molar-refractivity contribution in [2.75, 3.05) is 7.11 Å². The minimum Gasteiger partial charge on any atom is -0.469 e. The van der Waals surface area contributed by atoms with Crippen LogP contribution < -0.4 is 0 Å². The summed E-state index contributed by atoms with van der Waals surface area (Å²) in [6.07, 6.45) is 0.258. The highest BCUT2D eigenvalue weighted by atomic mass is 19.1. The third kappa shape index (κ3) is 2.78. The van der Waals surface area contributed by atoms with Crippen LogP contribution >= 0.6 is 0 Å². The number of esters is 1. The zero-order valence-electron chi connectivity index (χ0n) is 8.29. The van der Waals surface area contributed by atoms with Gasteiger partial charge in [-0.2, -0.15) is 5.26 Å². The molecule has 0 aliphatic carbocycles. The van der Waals surface area contributed by atoms with Gasteiger partial charge in [0, 0.05) is 12.0 Å². The van der Waals surface area contributed by atoms with Crippen molar-refractivity contribution in [3.8, 4) is 6.07 Å². The Morgan fingerprint density at radius 2 is 2.33 bits per heavy atom. The SMILES string of the molecule is COC(=O)CCc1c(F)cccc1C#N. The first kappa shape index (κ1) is 11.2. The predicted molar refractivity (Wildman–Crippen MR) is 51.5 cm³/mol. The molecule has 0 saturated carbocycles. The number of ether oxygens (including phenoxy) is 1. The number of rotatable bonds is 3. The van der Waals surface area contributed by atoms with Crippen LogP contribution in [0.15, 0.2) is 18.2 Å². The Bertz CT molecular complexity index is 410. The van der Waals surface area contributed by atoms with Crippen molar-refractivity contribution in [3.63, 3.8) is 0 Å². The minimum absolute atomic E-state index is 0.0755. The van der Waals surface area contributed by atoms with Crippen LogP contribution in [0.25, 0.3) is 0 Å². The van der Waals surface area contributed by atoms with Crippen molar-refractivity contribution in [3.05, 3.63) is 35.1 Å². The third-order valence-electron chi connectivity index (χ3n) is 2.05. The molecule has 0 aliphatic heterocycles. The predicted octanol–water partition coefficient (Wildman–Crippen LogP) is 1.80. The Kier molecular flexibility index (Phi) is 3.81. The molecule has 0 unspecified atom stereocenters. The zero-order valence-corrected chi connectivity index (χ0v) is 8.29. The van der Waals surface area contributed by atoms with Crippen molar-refractivity contribution in [2.24, 2.45) is 0 Å². The summed E-state index contributed by atoms with van der Waals surface area (Å²) in [5.74, 6) is -0.875. The molecular weight excluding hydrogens is 197 g/mol. The average molecular weight is 207 g/mol. The molecule has 0 aliphatic rings. The van der Waals surface area contributed by atoms with Gasteiger partial charge in [0.1, 0.15) is 5.82 Å². The molecule has 3 nitrogen and oxygen atoms in total. The van der Waals surface area contributed by atoms with E-state index < -0.39 is 11.8 Å². The Morgan fingerprint density at radius 1 is 1.60 bits per heavy atom. The number of halogens is 1. The quantitative estimate of drug-likeness (QED) is 0.710. The maximum Gasteiger partial charge on any atom is 0.305 e. The summed E-state index contributed by atoms with van der Waals surface area (Å²) >= 11 is 0. The van der Waals surface area contributed by atoms with Gasteiger partial charge >= 0.3 is 5.97 Å². The van der Waals surface area contributed by atoms with Gasteiger partial charge in [0.05, 0.1) is 18.7 Å².